The largest absolute Gasteiger partial charge is 0.370 e. The highest BCUT2D eigenvalue weighted by molar-refractivity contribution is 5.48. The number of nitrogens with one attached hydrogen (secondary N) is 1. The predicted octanol–water partition coefficient (Wildman–Crippen LogP) is 2.47. The lowest BCUT2D eigenvalue weighted by molar-refractivity contribution is 0.254. The summed E-state index contributed by atoms with van der Waals surface area (Å²) in [5.74, 6) is 0. The minimum absolute atomic E-state index is 0.754. The summed E-state index contributed by atoms with van der Waals surface area (Å²) in [4.78, 5) is 5.19. The molecule has 2 aliphatic rings. The van der Waals surface area contributed by atoms with E-state index in [1.165, 1.54) is 43.6 Å². The molecular weight excluding hydrogens is 246 g/mol. The predicted molar refractivity (Wildman–Crippen MR) is 85.2 cm³/mol. The first-order chi connectivity index (χ1) is 9.78. The molecule has 2 fully saturated rings. The Hall–Kier alpha value is -1.06. The molecule has 2 saturated heterocycles. The molecule has 110 valence electrons. The smallest absolute Gasteiger partial charge is 0.0366 e. The molecule has 1 aromatic carbocycles. The van der Waals surface area contributed by atoms with Gasteiger partial charge in [0, 0.05) is 37.4 Å². The van der Waals surface area contributed by atoms with Crippen molar-refractivity contribution in [1.29, 1.82) is 0 Å². The van der Waals surface area contributed by atoms with Gasteiger partial charge >= 0.3 is 0 Å². The van der Waals surface area contributed by atoms with Gasteiger partial charge in [0.15, 0.2) is 0 Å². The van der Waals surface area contributed by atoms with Crippen molar-refractivity contribution in [3.05, 3.63) is 29.8 Å². The maximum atomic E-state index is 3.38. The molecule has 0 radical (unpaired) electrons. The molecule has 20 heavy (non-hydrogen) atoms. The van der Waals surface area contributed by atoms with Crippen LogP contribution in [0.2, 0.25) is 0 Å². The van der Waals surface area contributed by atoms with E-state index in [4.69, 9.17) is 0 Å². The topological polar surface area (TPSA) is 18.5 Å². The summed E-state index contributed by atoms with van der Waals surface area (Å²) in [7, 11) is 2.31. The molecule has 3 nitrogen and oxygen atoms in total. The number of fused-ring (bicyclic) bond motifs is 2. The number of rotatable bonds is 4. The summed E-state index contributed by atoms with van der Waals surface area (Å²) >= 11 is 0. The molecule has 0 spiro atoms. The number of anilines is 1. The van der Waals surface area contributed by atoms with Crippen LogP contribution in [0, 0.1) is 0 Å². The van der Waals surface area contributed by atoms with Crippen molar-refractivity contribution < 1.29 is 0 Å². The number of hydrogen-bond donors (Lipinski definition) is 1. The third-order valence-corrected chi connectivity index (χ3v) is 5.03. The first kappa shape index (κ1) is 13.9. The van der Waals surface area contributed by atoms with E-state index in [9.17, 15) is 0 Å². The average Bonchev–Trinajstić information content (AvgIpc) is 2.71. The van der Waals surface area contributed by atoms with Gasteiger partial charge in [-0.25, -0.2) is 0 Å². The van der Waals surface area contributed by atoms with E-state index in [2.05, 4.69) is 53.4 Å². The Labute approximate surface area is 123 Å². The maximum Gasteiger partial charge on any atom is 0.0366 e. The fourth-order valence-electron chi connectivity index (χ4n) is 3.64. The van der Waals surface area contributed by atoms with Gasteiger partial charge in [0.1, 0.15) is 0 Å². The highest BCUT2D eigenvalue weighted by Gasteiger charge is 2.34. The molecule has 0 saturated carbocycles. The van der Waals surface area contributed by atoms with Crippen LogP contribution in [0.15, 0.2) is 24.3 Å². The Morgan fingerprint density at radius 1 is 1.10 bits per heavy atom. The summed E-state index contributed by atoms with van der Waals surface area (Å²) in [6.45, 7) is 6.56. The second-order valence-electron chi connectivity index (χ2n) is 6.23. The second kappa shape index (κ2) is 6.15. The molecular formula is C17H27N3. The molecule has 3 heteroatoms. The summed E-state index contributed by atoms with van der Waals surface area (Å²) < 4.78 is 0. The zero-order valence-corrected chi connectivity index (χ0v) is 12.8. The third-order valence-electron chi connectivity index (χ3n) is 5.03. The van der Waals surface area contributed by atoms with Gasteiger partial charge in [-0.15, -0.1) is 0 Å². The van der Waals surface area contributed by atoms with Crippen molar-refractivity contribution in [1.82, 2.24) is 10.2 Å². The zero-order chi connectivity index (χ0) is 13.9. The first-order valence-electron chi connectivity index (χ1n) is 8.04. The monoisotopic (exact) mass is 273 g/mol. The van der Waals surface area contributed by atoms with E-state index in [1.807, 2.05) is 0 Å². The van der Waals surface area contributed by atoms with Crippen LogP contribution in [-0.2, 0) is 6.54 Å². The number of likely N-dealkylation sites (N-methyl/N-ethyl adjacent to an activating group) is 1. The Balaban J connectivity index is 1.67. The molecule has 1 aromatic rings. The quantitative estimate of drug-likeness (QED) is 0.909. The highest BCUT2D eigenvalue weighted by atomic mass is 15.3. The van der Waals surface area contributed by atoms with Gasteiger partial charge in [0.2, 0.25) is 0 Å². The normalized spacial score (nSPS) is 26.8. The molecule has 3 rings (SSSR count). The second-order valence-corrected chi connectivity index (χ2v) is 6.23. The first-order valence-corrected chi connectivity index (χ1v) is 8.04. The lowest BCUT2D eigenvalue weighted by Gasteiger charge is -2.27. The number of benzene rings is 1. The lowest BCUT2D eigenvalue weighted by atomic mass is 10.1. The Kier molecular flexibility index (Phi) is 4.27. The maximum absolute atomic E-state index is 3.38. The fourth-order valence-corrected chi connectivity index (χ4v) is 3.64. The van der Waals surface area contributed by atoms with Crippen LogP contribution in [0.3, 0.4) is 0 Å². The Bertz CT molecular complexity index is 428. The van der Waals surface area contributed by atoms with Crippen molar-refractivity contribution >= 4 is 5.69 Å². The average molecular weight is 273 g/mol. The van der Waals surface area contributed by atoms with E-state index in [1.54, 1.807) is 0 Å². The van der Waals surface area contributed by atoms with E-state index in [0.717, 1.165) is 25.2 Å². The van der Waals surface area contributed by atoms with Gasteiger partial charge in [0.25, 0.3) is 0 Å². The standard InChI is InChI=1S/C17H27N3/c1-3-18-12-14-4-6-16(7-5-14)20-11-10-15-8-9-17(13-20)19(15)2/h4-7,15,17-18H,3,8-13H2,1-2H3. The molecule has 2 bridgehead atoms. The summed E-state index contributed by atoms with van der Waals surface area (Å²) in [6, 6.07) is 10.7. The minimum Gasteiger partial charge on any atom is -0.370 e. The fraction of sp³-hybridized carbons (Fsp3) is 0.647. The van der Waals surface area contributed by atoms with E-state index in [-0.39, 0.29) is 0 Å². The number of nitrogens with zero attached hydrogens (tertiary/aromatic N) is 2. The molecule has 1 N–H and O–H groups in total. The molecule has 0 amide bonds. The minimum atomic E-state index is 0.754. The highest BCUT2D eigenvalue weighted by Crippen LogP contribution is 2.30. The molecule has 2 atom stereocenters. The molecule has 2 heterocycles. The van der Waals surface area contributed by atoms with Crippen LogP contribution in [0.5, 0.6) is 0 Å². The molecule has 0 aromatic heterocycles. The lowest BCUT2D eigenvalue weighted by Crippen LogP contribution is -2.36. The van der Waals surface area contributed by atoms with Crippen molar-refractivity contribution in [3.8, 4) is 0 Å². The van der Waals surface area contributed by atoms with Gasteiger partial charge in [-0.3, -0.25) is 4.90 Å². The van der Waals surface area contributed by atoms with Crippen LogP contribution in [-0.4, -0.2) is 43.7 Å². The van der Waals surface area contributed by atoms with Gasteiger partial charge in [-0.2, -0.15) is 0 Å². The summed E-state index contributed by atoms with van der Waals surface area (Å²) in [6.07, 6.45) is 4.08. The van der Waals surface area contributed by atoms with Crippen LogP contribution < -0.4 is 10.2 Å². The molecule has 0 aliphatic carbocycles. The summed E-state index contributed by atoms with van der Waals surface area (Å²) in [5, 5.41) is 3.38. The van der Waals surface area contributed by atoms with Crippen molar-refractivity contribution in [3.63, 3.8) is 0 Å². The number of hydrogen-bond acceptors (Lipinski definition) is 3. The van der Waals surface area contributed by atoms with Crippen LogP contribution in [0.1, 0.15) is 31.7 Å². The van der Waals surface area contributed by atoms with Crippen molar-refractivity contribution in [2.24, 2.45) is 0 Å². The Morgan fingerprint density at radius 2 is 1.85 bits per heavy atom. The van der Waals surface area contributed by atoms with E-state index >= 15 is 0 Å². The third kappa shape index (κ3) is 2.84. The summed E-state index contributed by atoms with van der Waals surface area (Å²) in [5.41, 5.74) is 2.77. The molecule has 2 aliphatic heterocycles. The Morgan fingerprint density at radius 3 is 2.60 bits per heavy atom. The van der Waals surface area contributed by atoms with Gasteiger partial charge in [-0.05, 0) is 50.6 Å². The van der Waals surface area contributed by atoms with Crippen molar-refractivity contribution in [2.45, 2.75) is 44.8 Å². The molecule has 2 unspecified atom stereocenters. The van der Waals surface area contributed by atoms with Crippen molar-refractivity contribution in [2.75, 3.05) is 31.6 Å². The van der Waals surface area contributed by atoms with Crippen LogP contribution in [0.4, 0.5) is 5.69 Å². The van der Waals surface area contributed by atoms with Crippen LogP contribution in [0.25, 0.3) is 0 Å². The van der Waals surface area contributed by atoms with Gasteiger partial charge in [-0.1, -0.05) is 19.1 Å². The van der Waals surface area contributed by atoms with E-state index < -0.39 is 0 Å². The van der Waals surface area contributed by atoms with Gasteiger partial charge in [0.05, 0.1) is 0 Å². The van der Waals surface area contributed by atoms with Gasteiger partial charge < -0.3 is 10.2 Å². The van der Waals surface area contributed by atoms with E-state index in [0.29, 0.717) is 0 Å². The SMILES string of the molecule is CCNCc1ccc(N2CCC3CCC(C2)N3C)cc1. The zero-order valence-electron chi connectivity index (χ0n) is 12.8. The van der Waals surface area contributed by atoms with Crippen LogP contribution >= 0.6 is 0 Å².